The van der Waals surface area contributed by atoms with Gasteiger partial charge in [-0.2, -0.15) is 0 Å². The minimum atomic E-state index is -3.71. The summed E-state index contributed by atoms with van der Waals surface area (Å²) in [6.07, 6.45) is 1.34. The van der Waals surface area contributed by atoms with Crippen LogP contribution in [0.2, 0.25) is 0 Å². The van der Waals surface area contributed by atoms with Crippen LogP contribution in [0.15, 0.2) is 70.6 Å². The van der Waals surface area contributed by atoms with Crippen LogP contribution in [0.3, 0.4) is 0 Å². The van der Waals surface area contributed by atoms with E-state index in [9.17, 15) is 17.6 Å². The smallest absolute Gasteiger partial charge is 0.253 e. The highest BCUT2D eigenvalue weighted by molar-refractivity contribution is 7.89. The lowest BCUT2D eigenvalue weighted by Crippen LogP contribution is -2.30. The van der Waals surface area contributed by atoms with Crippen molar-refractivity contribution >= 4 is 10.0 Å². The number of sulfonamides is 1. The quantitative estimate of drug-likeness (QED) is 0.608. The van der Waals surface area contributed by atoms with E-state index >= 15 is 0 Å². The predicted molar refractivity (Wildman–Crippen MR) is 107 cm³/mol. The van der Waals surface area contributed by atoms with Crippen molar-refractivity contribution in [3.05, 3.63) is 77.1 Å². The van der Waals surface area contributed by atoms with Crippen molar-refractivity contribution in [2.45, 2.75) is 18.4 Å². The van der Waals surface area contributed by atoms with Gasteiger partial charge in [-0.1, -0.05) is 0 Å². The van der Waals surface area contributed by atoms with Gasteiger partial charge in [-0.15, -0.1) is 0 Å². The van der Waals surface area contributed by atoms with Crippen molar-refractivity contribution in [1.82, 2.24) is 14.3 Å². The topological polar surface area (TPSA) is 90.3 Å². The fourth-order valence-corrected chi connectivity index (χ4v) is 3.66. The largest absolute Gasteiger partial charge is 0.494 e. The number of hydrogen-bond donors (Lipinski definition) is 1. The first-order valence-electron chi connectivity index (χ1n) is 8.94. The first kappa shape index (κ1) is 20.7. The van der Waals surface area contributed by atoms with Crippen molar-refractivity contribution in [3.8, 4) is 17.0 Å². The van der Waals surface area contributed by atoms with Crippen LogP contribution < -0.4 is 15.0 Å². The molecule has 2 aromatic carbocycles. The van der Waals surface area contributed by atoms with E-state index in [0.717, 1.165) is 0 Å². The summed E-state index contributed by atoms with van der Waals surface area (Å²) in [5, 5.41) is 0. The van der Waals surface area contributed by atoms with Gasteiger partial charge < -0.3 is 4.74 Å². The third-order valence-corrected chi connectivity index (χ3v) is 5.59. The van der Waals surface area contributed by atoms with Crippen molar-refractivity contribution in [2.75, 3.05) is 13.2 Å². The Morgan fingerprint density at radius 2 is 1.79 bits per heavy atom. The second-order valence-corrected chi connectivity index (χ2v) is 7.88. The Kier molecular flexibility index (Phi) is 6.40. The fourth-order valence-electron chi connectivity index (χ4n) is 2.64. The van der Waals surface area contributed by atoms with E-state index in [4.69, 9.17) is 4.74 Å². The molecule has 9 heteroatoms. The predicted octanol–water partition coefficient (Wildman–Crippen LogP) is 2.43. The van der Waals surface area contributed by atoms with Crippen LogP contribution in [0.5, 0.6) is 5.75 Å². The Labute approximate surface area is 167 Å². The molecule has 1 aromatic heterocycles. The van der Waals surface area contributed by atoms with Gasteiger partial charge in [-0.25, -0.2) is 22.5 Å². The van der Waals surface area contributed by atoms with Gasteiger partial charge >= 0.3 is 0 Å². The molecule has 0 atom stereocenters. The Balaban J connectivity index is 1.63. The number of aromatic nitrogens is 2. The maximum absolute atomic E-state index is 13.0. The second-order valence-electron chi connectivity index (χ2n) is 6.11. The zero-order valence-electron chi connectivity index (χ0n) is 15.7. The highest BCUT2D eigenvalue weighted by atomic mass is 32.2. The molecule has 0 fully saturated rings. The molecule has 3 rings (SSSR count). The number of benzene rings is 2. The SMILES string of the molecule is CCOc1ccc(S(=O)(=O)NCCn2cnc(-c3ccc(F)cc3)cc2=O)cc1. The van der Waals surface area contributed by atoms with Crippen molar-refractivity contribution < 1.29 is 17.5 Å². The molecule has 3 aromatic rings. The van der Waals surface area contributed by atoms with E-state index in [2.05, 4.69) is 9.71 Å². The lowest BCUT2D eigenvalue weighted by molar-refractivity contribution is 0.340. The molecule has 0 aliphatic heterocycles. The zero-order valence-corrected chi connectivity index (χ0v) is 16.5. The van der Waals surface area contributed by atoms with E-state index in [0.29, 0.717) is 23.6 Å². The van der Waals surface area contributed by atoms with E-state index in [-0.39, 0.29) is 29.4 Å². The van der Waals surface area contributed by atoms with Gasteiger partial charge in [0.1, 0.15) is 11.6 Å². The summed E-state index contributed by atoms with van der Waals surface area (Å²) in [6, 6.07) is 13.1. The molecule has 0 unspecified atom stereocenters. The Hall–Kier alpha value is -3.04. The maximum atomic E-state index is 13.0. The second kappa shape index (κ2) is 8.97. The molecule has 0 bridgehead atoms. The van der Waals surface area contributed by atoms with Crippen LogP contribution in [0.25, 0.3) is 11.3 Å². The van der Waals surface area contributed by atoms with Crippen LogP contribution >= 0.6 is 0 Å². The highest BCUT2D eigenvalue weighted by Crippen LogP contribution is 2.16. The fraction of sp³-hybridized carbons (Fsp3) is 0.200. The molecule has 0 radical (unpaired) electrons. The molecular weight excluding hydrogens is 397 g/mol. The number of nitrogens with zero attached hydrogens (tertiary/aromatic N) is 2. The van der Waals surface area contributed by atoms with E-state index < -0.39 is 10.0 Å². The number of nitrogens with one attached hydrogen (secondary N) is 1. The van der Waals surface area contributed by atoms with Crippen molar-refractivity contribution in [2.24, 2.45) is 0 Å². The lowest BCUT2D eigenvalue weighted by atomic mass is 10.1. The van der Waals surface area contributed by atoms with Gasteiger partial charge in [0.25, 0.3) is 5.56 Å². The molecular formula is C20H20FN3O4S. The van der Waals surface area contributed by atoms with Gasteiger partial charge in [0.2, 0.25) is 10.0 Å². The Morgan fingerprint density at radius 1 is 1.10 bits per heavy atom. The van der Waals surface area contributed by atoms with Crippen LogP contribution in [0.4, 0.5) is 4.39 Å². The first-order chi connectivity index (χ1) is 13.9. The monoisotopic (exact) mass is 417 g/mol. The molecule has 0 amide bonds. The molecule has 1 heterocycles. The summed E-state index contributed by atoms with van der Waals surface area (Å²) in [5.74, 6) is 0.215. The average molecular weight is 417 g/mol. The third kappa shape index (κ3) is 5.27. The summed E-state index contributed by atoms with van der Waals surface area (Å²) < 4.78 is 46.8. The number of hydrogen-bond acceptors (Lipinski definition) is 5. The molecule has 0 spiro atoms. The number of rotatable bonds is 8. The Bertz CT molecular complexity index is 1130. The van der Waals surface area contributed by atoms with Crippen LogP contribution in [-0.4, -0.2) is 31.1 Å². The molecule has 7 nitrogen and oxygen atoms in total. The molecule has 29 heavy (non-hydrogen) atoms. The molecule has 0 aliphatic carbocycles. The van der Waals surface area contributed by atoms with Crippen LogP contribution in [-0.2, 0) is 16.6 Å². The molecule has 1 N–H and O–H groups in total. The maximum Gasteiger partial charge on any atom is 0.253 e. The molecule has 152 valence electrons. The Morgan fingerprint density at radius 3 is 2.41 bits per heavy atom. The van der Waals surface area contributed by atoms with Gasteiger partial charge in [-0.3, -0.25) is 9.36 Å². The summed E-state index contributed by atoms with van der Waals surface area (Å²) in [4.78, 5) is 16.6. The molecule has 0 saturated heterocycles. The summed E-state index contributed by atoms with van der Waals surface area (Å²) in [5.41, 5.74) is 0.702. The summed E-state index contributed by atoms with van der Waals surface area (Å²) >= 11 is 0. The number of halogens is 1. The third-order valence-electron chi connectivity index (χ3n) is 4.11. The summed E-state index contributed by atoms with van der Waals surface area (Å²) in [6.45, 7) is 2.47. The minimum absolute atomic E-state index is 0.0209. The van der Waals surface area contributed by atoms with Gasteiger partial charge in [-0.05, 0) is 55.5 Å². The van der Waals surface area contributed by atoms with Crippen LogP contribution in [0.1, 0.15) is 6.92 Å². The zero-order chi connectivity index (χ0) is 20.9. The average Bonchev–Trinajstić information content (AvgIpc) is 2.70. The van der Waals surface area contributed by atoms with Crippen LogP contribution in [0, 0.1) is 5.82 Å². The van der Waals surface area contributed by atoms with E-state index in [1.807, 2.05) is 6.92 Å². The lowest BCUT2D eigenvalue weighted by Gasteiger charge is -2.10. The minimum Gasteiger partial charge on any atom is -0.494 e. The van der Waals surface area contributed by atoms with E-state index in [1.165, 1.54) is 53.4 Å². The van der Waals surface area contributed by atoms with E-state index in [1.54, 1.807) is 12.1 Å². The van der Waals surface area contributed by atoms with Gasteiger partial charge in [0.15, 0.2) is 0 Å². The van der Waals surface area contributed by atoms with Gasteiger partial charge in [0.05, 0.1) is 23.5 Å². The molecule has 0 aliphatic rings. The normalized spacial score (nSPS) is 11.4. The number of ether oxygens (including phenoxy) is 1. The highest BCUT2D eigenvalue weighted by Gasteiger charge is 2.13. The van der Waals surface area contributed by atoms with Crippen molar-refractivity contribution in [1.29, 1.82) is 0 Å². The standard InChI is InChI=1S/C20H20FN3O4S/c1-2-28-17-7-9-18(10-8-17)29(26,27)23-11-12-24-14-22-19(13-20(24)25)15-3-5-16(21)6-4-15/h3-10,13-14,23H,2,11-12H2,1H3. The van der Waals surface area contributed by atoms with Gasteiger partial charge in [0, 0.05) is 24.7 Å². The van der Waals surface area contributed by atoms with Crippen molar-refractivity contribution in [3.63, 3.8) is 0 Å². The molecule has 0 saturated carbocycles. The first-order valence-corrected chi connectivity index (χ1v) is 10.4. The summed E-state index contributed by atoms with van der Waals surface area (Å²) in [7, 11) is -3.71.